The summed E-state index contributed by atoms with van der Waals surface area (Å²) in [5.74, 6) is -0.574. The molecule has 0 aromatic carbocycles. The zero-order valence-electron chi connectivity index (χ0n) is 6.00. The molecule has 1 atom stereocenters. The second-order valence-corrected chi connectivity index (χ2v) is 2.39. The molecule has 0 aromatic rings. The van der Waals surface area contributed by atoms with Crippen molar-refractivity contribution < 1.29 is 14.3 Å². The normalized spacial score (nSPS) is 23.1. The number of nitrogens with one attached hydrogen (secondary N) is 1. The lowest BCUT2D eigenvalue weighted by molar-refractivity contribution is -0.139. The van der Waals surface area contributed by atoms with E-state index in [4.69, 9.17) is 0 Å². The highest BCUT2D eigenvalue weighted by Crippen LogP contribution is 2.05. The van der Waals surface area contributed by atoms with Crippen LogP contribution in [0.15, 0.2) is 0 Å². The van der Waals surface area contributed by atoms with Gasteiger partial charge in [-0.3, -0.25) is 0 Å². The van der Waals surface area contributed by atoms with E-state index in [0.717, 1.165) is 13.0 Å². The molecule has 0 spiro atoms. The Hall–Kier alpha value is -1.10. The van der Waals surface area contributed by atoms with Crippen molar-refractivity contribution in [1.29, 1.82) is 0 Å². The van der Waals surface area contributed by atoms with E-state index >= 15 is 0 Å². The topological polar surface area (TPSA) is 81.4 Å². The molecule has 11 heavy (non-hydrogen) atoms. The smallest absolute Gasteiger partial charge is 0.375 e. The Kier molecular flexibility index (Phi) is 2.43. The molecule has 1 aliphatic rings. The van der Waals surface area contributed by atoms with Crippen LogP contribution in [0.25, 0.3) is 0 Å². The van der Waals surface area contributed by atoms with Crippen molar-refractivity contribution in [2.45, 2.75) is 18.9 Å². The van der Waals surface area contributed by atoms with Gasteiger partial charge in [0.2, 0.25) is 0 Å². The first-order chi connectivity index (χ1) is 5.20. The molecule has 1 heterocycles. The lowest BCUT2D eigenvalue weighted by Crippen LogP contribution is -2.35. The van der Waals surface area contributed by atoms with Crippen LogP contribution in [0.5, 0.6) is 0 Å². The summed E-state index contributed by atoms with van der Waals surface area (Å²) in [6.07, 6.45) is 0.605. The number of carbonyl (C=O) groups excluding carboxylic acids is 2. The number of hydrogen-bond acceptors (Lipinski definition) is 4. The van der Waals surface area contributed by atoms with Gasteiger partial charge in [0.05, 0.1) is 0 Å². The van der Waals surface area contributed by atoms with Crippen molar-refractivity contribution in [3.8, 4) is 0 Å². The minimum absolute atomic E-state index is 0.345. The average molecular weight is 158 g/mol. The van der Waals surface area contributed by atoms with Gasteiger partial charge in [-0.05, 0) is 19.4 Å². The van der Waals surface area contributed by atoms with Crippen molar-refractivity contribution in [1.82, 2.24) is 5.32 Å². The first kappa shape index (κ1) is 8.00. The fraction of sp³-hybridized carbons (Fsp3) is 0.667. The van der Waals surface area contributed by atoms with Crippen LogP contribution < -0.4 is 11.1 Å². The Morgan fingerprint density at radius 3 is 2.73 bits per heavy atom. The number of nitrogens with two attached hydrogens (primary N) is 1. The molecule has 1 fully saturated rings. The van der Waals surface area contributed by atoms with Gasteiger partial charge in [-0.2, -0.15) is 0 Å². The summed E-state index contributed by atoms with van der Waals surface area (Å²) in [6.45, 7) is 0.790. The SMILES string of the molecule is NC(=O)OC(=O)[C@@H]1CCCN1. The summed E-state index contributed by atoms with van der Waals surface area (Å²) in [5, 5.41) is 2.88. The Labute approximate surface area is 63.9 Å². The third-order valence-corrected chi connectivity index (χ3v) is 1.55. The van der Waals surface area contributed by atoms with Crippen LogP contribution in [0.4, 0.5) is 4.79 Å². The molecule has 0 radical (unpaired) electrons. The van der Waals surface area contributed by atoms with Gasteiger partial charge >= 0.3 is 12.1 Å². The summed E-state index contributed by atoms with van der Waals surface area (Å²) in [4.78, 5) is 21.0. The lowest BCUT2D eigenvalue weighted by Gasteiger charge is -2.05. The second-order valence-electron chi connectivity index (χ2n) is 2.39. The number of hydrogen-bond donors (Lipinski definition) is 2. The Bertz CT molecular complexity index is 175. The van der Waals surface area contributed by atoms with Crippen LogP contribution >= 0.6 is 0 Å². The highest BCUT2D eigenvalue weighted by atomic mass is 16.6. The molecular weight excluding hydrogens is 148 g/mol. The fourth-order valence-electron chi connectivity index (χ4n) is 1.06. The molecule has 3 N–H and O–H groups in total. The highest BCUT2D eigenvalue weighted by molar-refractivity contribution is 5.87. The van der Waals surface area contributed by atoms with Gasteiger partial charge in [0.25, 0.3) is 0 Å². The van der Waals surface area contributed by atoms with E-state index in [-0.39, 0.29) is 6.04 Å². The third-order valence-electron chi connectivity index (χ3n) is 1.55. The molecule has 1 amide bonds. The molecule has 62 valence electrons. The van der Waals surface area contributed by atoms with Crippen molar-refractivity contribution in [2.24, 2.45) is 5.73 Å². The largest absolute Gasteiger partial charge is 0.412 e. The number of carbonyl (C=O) groups is 2. The molecule has 5 nitrogen and oxygen atoms in total. The van der Waals surface area contributed by atoms with Crippen LogP contribution in [-0.4, -0.2) is 24.6 Å². The maximum Gasteiger partial charge on any atom is 0.412 e. The minimum Gasteiger partial charge on any atom is -0.375 e. The Morgan fingerprint density at radius 2 is 2.27 bits per heavy atom. The summed E-state index contributed by atoms with van der Waals surface area (Å²) in [7, 11) is 0. The first-order valence-electron chi connectivity index (χ1n) is 3.44. The molecule has 0 unspecified atom stereocenters. The van der Waals surface area contributed by atoms with E-state index in [1.54, 1.807) is 0 Å². The quantitative estimate of drug-likeness (QED) is 0.393. The molecule has 0 saturated carbocycles. The van der Waals surface area contributed by atoms with Gasteiger partial charge in [0, 0.05) is 0 Å². The van der Waals surface area contributed by atoms with Crippen LogP contribution in [0.2, 0.25) is 0 Å². The maximum atomic E-state index is 10.9. The van der Waals surface area contributed by atoms with Crippen LogP contribution in [0, 0.1) is 0 Å². The van der Waals surface area contributed by atoms with Crippen molar-refractivity contribution in [3.63, 3.8) is 0 Å². The van der Waals surface area contributed by atoms with E-state index in [2.05, 4.69) is 15.8 Å². The van der Waals surface area contributed by atoms with Crippen molar-refractivity contribution in [3.05, 3.63) is 0 Å². The standard InChI is InChI=1S/C6H10N2O3/c7-6(10)11-5(9)4-2-1-3-8-4/h4,8H,1-3H2,(H2,7,10)/t4-/m0/s1. The molecule has 1 aliphatic heterocycles. The van der Waals surface area contributed by atoms with Gasteiger partial charge in [-0.25, -0.2) is 9.59 Å². The maximum absolute atomic E-state index is 10.9. The number of primary amides is 1. The number of rotatable bonds is 1. The predicted octanol–water partition coefficient (Wildman–Crippen LogP) is -0.640. The third kappa shape index (κ3) is 2.19. The summed E-state index contributed by atoms with van der Waals surface area (Å²) in [6, 6.07) is -0.345. The second kappa shape index (κ2) is 3.34. The number of amides is 1. The molecule has 0 aliphatic carbocycles. The van der Waals surface area contributed by atoms with Gasteiger partial charge < -0.3 is 15.8 Å². The van der Waals surface area contributed by atoms with Crippen LogP contribution in [-0.2, 0) is 9.53 Å². The van der Waals surface area contributed by atoms with E-state index < -0.39 is 12.1 Å². The fourth-order valence-corrected chi connectivity index (χ4v) is 1.06. The molecule has 0 bridgehead atoms. The minimum atomic E-state index is -1.04. The molecule has 5 heteroatoms. The lowest BCUT2D eigenvalue weighted by atomic mass is 10.2. The molecular formula is C6H10N2O3. The van der Waals surface area contributed by atoms with E-state index in [1.807, 2.05) is 0 Å². The van der Waals surface area contributed by atoms with E-state index in [1.165, 1.54) is 0 Å². The van der Waals surface area contributed by atoms with Crippen molar-refractivity contribution >= 4 is 12.1 Å². The van der Waals surface area contributed by atoms with Gasteiger partial charge in [-0.15, -0.1) is 0 Å². The number of esters is 1. The summed E-state index contributed by atoms with van der Waals surface area (Å²) in [5.41, 5.74) is 4.65. The first-order valence-corrected chi connectivity index (χ1v) is 3.44. The van der Waals surface area contributed by atoms with E-state index in [0.29, 0.717) is 6.42 Å². The zero-order chi connectivity index (χ0) is 8.27. The Morgan fingerprint density at radius 1 is 1.55 bits per heavy atom. The molecule has 0 aromatic heterocycles. The monoisotopic (exact) mass is 158 g/mol. The average Bonchev–Trinajstić information content (AvgIpc) is 2.35. The molecule has 1 rings (SSSR count). The highest BCUT2D eigenvalue weighted by Gasteiger charge is 2.24. The Balaban J connectivity index is 2.34. The van der Waals surface area contributed by atoms with Crippen LogP contribution in [0.3, 0.4) is 0 Å². The van der Waals surface area contributed by atoms with Crippen LogP contribution in [0.1, 0.15) is 12.8 Å². The predicted molar refractivity (Wildman–Crippen MR) is 36.7 cm³/mol. The van der Waals surface area contributed by atoms with Gasteiger partial charge in [0.15, 0.2) is 0 Å². The van der Waals surface area contributed by atoms with E-state index in [9.17, 15) is 9.59 Å². The summed E-state index contributed by atoms with van der Waals surface area (Å²) < 4.78 is 4.17. The van der Waals surface area contributed by atoms with Gasteiger partial charge in [-0.1, -0.05) is 0 Å². The molecule has 1 saturated heterocycles. The number of ether oxygens (including phenoxy) is 1. The summed E-state index contributed by atoms with van der Waals surface area (Å²) >= 11 is 0. The zero-order valence-corrected chi connectivity index (χ0v) is 6.00. The van der Waals surface area contributed by atoms with Gasteiger partial charge in [0.1, 0.15) is 6.04 Å². The van der Waals surface area contributed by atoms with Crippen molar-refractivity contribution in [2.75, 3.05) is 6.54 Å².